The van der Waals surface area contributed by atoms with Gasteiger partial charge in [-0.2, -0.15) is 0 Å². The van der Waals surface area contributed by atoms with Gasteiger partial charge >= 0.3 is 0 Å². The van der Waals surface area contributed by atoms with E-state index in [1.807, 2.05) is 0 Å². The van der Waals surface area contributed by atoms with Gasteiger partial charge in [-0.15, -0.1) is 0 Å². The van der Waals surface area contributed by atoms with E-state index in [2.05, 4.69) is 0 Å². The Balaban J connectivity index is 2.73. The molecule has 1 aliphatic rings. The molecular formula is C7H15NO6. The van der Waals surface area contributed by atoms with Crippen LogP contribution in [0.1, 0.15) is 0 Å². The maximum atomic E-state index is 9.36. The highest BCUT2D eigenvalue weighted by atomic mass is 16.7. The van der Waals surface area contributed by atoms with Crippen LogP contribution in [0.5, 0.6) is 0 Å². The second kappa shape index (κ2) is 4.49. The summed E-state index contributed by atoms with van der Waals surface area (Å²) in [4.78, 5) is 0. The molecular weight excluding hydrogens is 194 g/mol. The second-order valence-corrected chi connectivity index (χ2v) is 3.17. The van der Waals surface area contributed by atoms with Crippen molar-refractivity contribution >= 4 is 0 Å². The predicted octanol–water partition coefficient (Wildman–Crippen LogP) is -3.28. The van der Waals surface area contributed by atoms with Gasteiger partial charge in [0.15, 0.2) is 6.29 Å². The van der Waals surface area contributed by atoms with Gasteiger partial charge in [0.25, 0.3) is 0 Å². The highest BCUT2D eigenvalue weighted by Gasteiger charge is 2.45. The molecule has 0 bridgehead atoms. The summed E-state index contributed by atoms with van der Waals surface area (Å²) < 4.78 is 9.63. The third-order valence-electron chi connectivity index (χ3n) is 2.18. The fourth-order valence-corrected chi connectivity index (χ4v) is 1.35. The molecule has 1 rings (SSSR count). The van der Waals surface area contributed by atoms with Gasteiger partial charge in [-0.05, 0) is 0 Å². The van der Waals surface area contributed by atoms with Crippen LogP contribution < -0.4 is 5.73 Å². The van der Waals surface area contributed by atoms with Crippen LogP contribution in [0.3, 0.4) is 0 Å². The van der Waals surface area contributed by atoms with Gasteiger partial charge in [-0.3, -0.25) is 0 Å². The molecule has 0 saturated carbocycles. The molecule has 7 heteroatoms. The number of nitrogens with two attached hydrogens (primary N) is 1. The number of hydrogen-bond acceptors (Lipinski definition) is 7. The molecule has 6 N–H and O–H groups in total. The first-order valence-corrected chi connectivity index (χ1v) is 4.15. The Morgan fingerprint density at radius 2 is 1.79 bits per heavy atom. The molecule has 0 radical (unpaired) electrons. The van der Waals surface area contributed by atoms with Crippen LogP contribution >= 0.6 is 0 Å². The zero-order valence-electron chi connectivity index (χ0n) is 7.65. The SMILES string of the molecule is COC1O[C@H](C(N)O)[C@H](O)[C@H](O)[C@H]1O. The van der Waals surface area contributed by atoms with E-state index in [-0.39, 0.29) is 0 Å². The molecule has 1 aliphatic heterocycles. The van der Waals surface area contributed by atoms with Crippen LogP contribution in [0.25, 0.3) is 0 Å². The van der Waals surface area contributed by atoms with Crippen molar-refractivity contribution in [2.75, 3.05) is 7.11 Å². The highest BCUT2D eigenvalue weighted by molar-refractivity contribution is 4.90. The Bertz CT molecular complexity index is 187. The summed E-state index contributed by atoms with van der Waals surface area (Å²) >= 11 is 0. The minimum absolute atomic E-state index is 1.11. The number of aliphatic hydroxyl groups is 4. The summed E-state index contributed by atoms with van der Waals surface area (Å²) in [6.07, 6.45) is -8.03. The number of hydrogen-bond donors (Lipinski definition) is 5. The summed E-state index contributed by atoms with van der Waals surface area (Å²) in [6.45, 7) is 0. The first-order valence-electron chi connectivity index (χ1n) is 4.15. The first kappa shape index (κ1) is 11.8. The van der Waals surface area contributed by atoms with Gasteiger partial charge in [0.05, 0.1) is 0 Å². The average Bonchev–Trinajstić information content (AvgIpc) is 2.14. The normalized spacial score (nSPS) is 46.3. The Labute approximate surface area is 80.7 Å². The fraction of sp³-hybridized carbons (Fsp3) is 1.00. The van der Waals surface area contributed by atoms with Crippen molar-refractivity contribution in [1.82, 2.24) is 0 Å². The zero-order chi connectivity index (χ0) is 10.9. The van der Waals surface area contributed by atoms with Crippen molar-refractivity contribution in [2.45, 2.75) is 36.9 Å². The third kappa shape index (κ3) is 2.04. The molecule has 0 aromatic rings. The van der Waals surface area contributed by atoms with E-state index in [1.165, 1.54) is 7.11 Å². The van der Waals surface area contributed by atoms with E-state index in [9.17, 15) is 15.3 Å². The molecule has 6 atom stereocenters. The lowest BCUT2D eigenvalue weighted by molar-refractivity contribution is -0.303. The number of aliphatic hydroxyl groups excluding tert-OH is 4. The van der Waals surface area contributed by atoms with E-state index >= 15 is 0 Å². The summed E-state index contributed by atoms with van der Waals surface area (Å²) in [5, 5.41) is 37.0. The average molecular weight is 209 g/mol. The standard InChI is InChI=1S/C7H15NO6/c1-13-7-4(11)2(9)3(10)5(14-7)6(8)12/h2-7,9-12H,8H2,1H3/t2-,3+,4+,5-,6?,7?/m0/s1. The topological polar surface area (TPSA) is 125 Å². The van der Waals surface area contributed by atoms with Crippen LogP contribution in [0.15, 0.2) is 0 Å². The maximum absolute atomic E-state index is 9.36. The van der Waals surface area contributed by atoms with Crippen molar-refractivity contribution in [3.8, 4) is 0 Å². The van der Waals surface area contributed by atoms with Crippen molar-refractivity contribution in [3.05, 3.63) is 0 Å². The van der Waals surface area contributed by atoms with Gasteiger partial charge in [0.1, 0.15) is 30.6 Å². The number of methoxy groups -OCH3 is 1. The minimum atomic E-state index is -1.46. The zero-order valence-corrected chi connectivity index (χ0v) is 7.65. The lowest BCUT2D eigenvalue weighted by Gasteiger charge is -2.40. The molecule has 0 aliphatic carbocycles. The molecule has 0 aromatic heterocycles. The van der Waals surface area contributed by atoms with Crippen molar-refractivity contribution in [3.63, 3.8) is 0 Å². The summed E-state index contributed by atoms with van der Waals surface area (Å²) in [5.74, 6) is 0. The monoisotopic (exact) mass is 209 g/mol. The lowest BCUT2D eigenvalue weighted by Crippen LogP contribution is -2.62. The molecule has 1 fully saturated rings. The molecule has 0 spiro atoms. The molecule has 7 nitrogen and oxygen atoms in total. The first-order chi connectivity index (χ1) is 6.49. The predicted molar refractivity (Wildman–Crippen MR) is 43.9 cm³/mol. The van der Waals surface area contributed by atoms with Crippen LogP contribution in [-0.4, -0.2) is 64.5 Å². The van der Waals surface area contributed by atoms with Crippen molar-refractivity contribution in [2.24, 2.45) is 5.73 Å². The molecule has 14 heavy (non-hydrogen) atoms. The van der Waals surface area contributed by atoms with Crippen molar-refractivity contribution < 1.29 is 29.9 Å². The van der Waals surface area contributed by atoms with Gasteiger partial charge in [-0.1, -0.05) is 0 Å². The Morgan fingerprint density at radius 3 is 2.21 bits per heavy atom. The van der Waals surface area contributed by atoms with Gasteiger partial charge in [0.2, 0.25) is 0 Å². The van der Waals surface area contributed by atoms with Crippen LogP contribution in [0.4, 0.5) is 0 Å². The van der Waals surface area contributed by atoms with Gasteiger partial charge < -0.3 is 35.6 Å². The smallest absolute Gasteiger partial charge is 0.186 e. The van der Waals surface area contributed by atoms with E-state index < -0.39 is 36.9 Å². The fourth-order valence-electron chi connectivity index (χ4n) is 1.35. The molecule has 1 heterocycles. The number of ether oxygens (including phenoxy) is 2. The van der Waals surface area contributed by atoms with Crippen LogP contribution in [0, 0.1) is 0 Å². The third-order valence-corrected chi connectivity index (χ3v) is 2.18. The maximum Gasteiger partial charge on any atom is 0.186 e. The quantitative estimate of drug-likeness (QED) is 0.302. The van der Waals surface area contributed by atoms with Gasteiger partial charge in [-0.25, -0.2) is 0 Å². The van der Waals surface area contributed by atoms with E-state index in [4.69, 9.17) is 20.3 Å². The Hall–Kier alpha value is -0.280. The number of rotatable bonds is 2. The largest absolute Gasteiger partial charge is 0.387 e. The molecule has 0 aromatic carbocycles. The van der Waals surface area contributed by atoms with Crippen molar-refractivity contribution in [1.29, 1.82) is 0 Å². The molecule has 2 unspecified atom stereocenters. The lowest BCUT2D eigenvalue weighted by atomic mass is 9.98. The molecule has 84 valence electrons. The summed E-state index contributed by atoms with van der Waals surface area (Å²) in [7, 11) is 1.26. The highest BCUT2D eigenvalue weighted by Crippen LogP contribution is 2.22. The molecule has 0 amide bonds. The van der Waals surface area contributed by atoms with E-state index in [0.717, 1.165) is 0 Å². The molecule has 1 saturated heterocycles. The Kier molecular flexibility index (Phi) is 3.78. The van der Waals surface area contributed by atoms with Gasteiger partial charge in [0, 0.05) is 7.11 Å². The minimum Gasteiger partial charge on any atom is -0.387 e. The Morgan fingerprint density at radius 1 is 1.21 bits per heavy atom. The summed E-state index contributed by atoms with van der Waals surface area (Å²) in [6, 6.07) is 0. The summed E-state index contributed by atoms with van der Waals surface area (Å²) in [5.41, 5.74) is 5.10. The van der Waals surface area contributed by atoms with Crippen LogP contribution in [0.2, 0.25) is 0 Å². The van der Waals surface area contributed by atoms with E-state index in [1.54, 1.807) is 0 Å². The van der Waals surface area contributed by atoms with Crippen LogP contribution in [-0.2, 0) is 9.47 Å². The van der Waals surface area contributed by atoms with E-state index in [0.29, 0.717) is 0 Å². The second-order valence-electron chi connectivity index (χ2n) is 3.17.